The molecule has 0 spiro atoms. The van der Waals surface area contributed by atoms with E-state index >= 15 is 0 Å². The van der Waals surface area contributed by atoms with E-state index in [9.17, 15) is 0 Å². The summed E-state index contributed by atoms with van der Waals surface area (Å²) in [6.45, 7) is 0. The highest BCUT2D eigenvalue weighted by Gasteiger charge is 2.24. The Kier molecular flexibility index (Phi) is 3.54. The van der Waals surface area contributed by atoms with Gasteiger partial charge in [0, 0.05) is 54.5 Å². The highest BCUT2D eigenvalue weighted by atomic mass is 35.5. The van der Waals surface area contributed by atoms with Gasteiger partial charge < -0.3 is 0 Å². The van der Waals surface area contributed by atoms with E-state index in [-0.39, 0.29) is 10.5 Å². The quantitative estimate of drug-likeness (QED) is 0.304. The minimum Gasteiger partial charge on any atom is -0.0843 e. The molecule has 1 aromatic heterocycles. The van der Waals surface area contributed by atoms with Gasteiger partial charge >= 0.3 is 0 Å². The molecule has 1 heterocycles. The first-order chi connectivity index (χ1) is 10.6. The summed E-state index contributed by atoms with van der Waals surface area (Å²) in [4.78, 5) is 1.21. The van der Waals surface area contributed by atoms with Gasteiger partial charge in [-0.3, -0.25) is 0 Å². The maximum absolute atomic E-state index is 6.20. The SMILES string of the molecule is Clc1cccc(-[s+]2c3ccc(Cl)cc3c3cc(Cl)ccc32)c1. The van der Waals surface area contributed by atoms with Gasteiger partial charge in [0.15, 0.2) is 14.3 Å². The van der Waals surface area contributed by atoms with Crippen LogP contribution in [0.1, 0.15) is 0 Å². The highest BCUT2D eigenvalue weighted by molar-refractivity contribution is 7.50. The second-order valence-corrected chi connectivity index (χ2v) is 8.32. The third-order valence-corrected chi connectivity index (χ3v) is 6.67. The Balaban J connectivity index is 2.20. The first kappa shape index (κ1) is 14.3. The van der Waals surface area contributed by atoms with Crippen molar-refractivity contribution >= 4 is 65.4 Å². The van der Waals surface area contributed by atoms with Crippen molar-refractivity contribution in [2.45, 2.75) is 0 Å². The van der Waals surface area contributed by atoms with Gasteiger partial charge in [-0.2, -0.15) is 0 Å². The Bertz CT molecular complexity index is 958. The maximum Gasteiger partial charge on any atom is 0.187 e. The van der Waals surface area contributed by atoms with Gasteiger partial charge in [0.1, 0.15) is 0 Å². The topological polar surface area (TPSA) is 0 Å². The second-order valence-electron chi connectivity index (χ2n) is 5.04. The standard InChI is InChI=1S/C18H10Cl3S/c19-11-2-1-3-14(8-11)22-17-6-4-12(20)9-15(17)16-10-13(21)5-7-18(16)22/h1-10H/q+1. The van der Waals surface area contributed by atoms with E-state index in [1.807, 2.05) is 42.5 Å². The largest absolute Gasteiger partial charge is 0.187 e. The molecule has 0 amide bonds. The molecule has 0 fully saturated rings. The van der Waals surface area contributed by atoms with E-state index < -0.39 is 0 Å². The fourth-order valence-corrected chi connectivity index (χ4v) is 5.74. The fourth-order valence-electron chi connectivity index (χ4n) is 2.75. The van der Waals surface area contributed by atoms with Gasteiger partial charge in [-0.25, -0.2) is 0 Å². The van der Waals surface area contributed by atoms with Gasteiger partial charge in [0.05, 0.1) is 0 Å². The fraction of sp³-hybridized carbons (Fsp3) is 0. The minimum absolute atomic E-state index is 0.169. The van der Waals surface area contributed by atoms with Crippen molar-refractivity contribution in [3.05, 3.63) is 75.7 Å². The van der Waals surface area contributed by atoms with Crippen molar-refractivity contribution in [1.29, 1.82) is 0 Å². The summed E-state index contributed by atoms with van der Waals surface area (Å²) < 4.78 is 2.54. The molecule has 0 radical (unpaired) electrons. The van der Waals surface area contributed by atoms with Crippen LogP contribution in [-0.4, -0.2) is 0 Å². The monoisotopic (exact) mass is 363 g/mol. The van der Waals surface area contributed by atoms with Gasteiger partial charge in [0.25, 0.3) is 0 Å². The lowest BCUT2D eigenvalue weighted by Crippen LogP contribution is -1.71. The van der Waals surface area contributed by atoms with E-state index in [1.54, 1.807) is 0 Å². The average Bonchev–Trinajstić information content (AvgIpc) is 2.80. The number of rotatable bonds is 1. The molecule has 22 heavy (non-hydrogen) atoms. The molecular formula is C18H10Cl3S+. The molecule has 0 bridgehead atoms. The number of fused-ring (bicyclic) bond motifs is 3. The lowest BCUT2D eigenvalue weighted by Gasteiger charge is -1.94. The van der Waals surface area contributed by atoms with Crippen molar-refractivity contribution in [1.82, 2.24) is 0 Å². The molecule has 0 N–H and O–H groups in total. The number of hydrogen-bond acceptors (Lipinski definition) is 0. The molecule has 0 nitrogen and oxygen atoms in total. The summed E-state index contributed by atoms with van der Waals surface area (Å²) in [6.07, 6.45) is 0. The Morgan fingerprint density at radius 2 is 1.14 bits per heavy atom. The lowest BCUT2D eigenvalue weighted by molar-refractivity contribution is 1.76. The Hall–Kier alpha value is -1.25. The smallest absolute Gasteiger partial charge is 0.0843 e. The van der Waals surface area contributed by atoms with Crippen LogP contribution in [0.15, 0.2) is 60.7 Å². The summed E-state index contributed by atoms with van der Waals surface area (Å²) >= 11 is 18.6. The predicted molar refractivity (Wildman–Crippen MR) is 100 cm³/mol. The van der Waals surface area contributed by atoms with Crippen molar-refractivity contribution in [3.8, 4) is 4.90 Å². The average molecular weight is 365 g/mol. The minimum atomic E-state index is -0.169. The third-order valence-electron chi connectivity index (χ3n) is 3.65. The molecule has 0 aliphatic rings. The van der Waals surface area contributed by atoms with Gasteiger partial charge in [-0.05, 0) is 36.4 Å². The Labute approximate surface area is 145 Å². The molecule has 0 aliphatic heterocycles. The molecule has 4 rings (SSSR count). The van der Waals surface area contributed by atoms with Gasteiger partial charge in [0.2, 0.25) is 0 Å². The van der Waals surface area contributed by atoms with Crippen LogP contribution in [0, 0.1) is 0 Å². The molecule has 0 saturated heterocycles. The van der Waals surface area contributed by atoms with Crippen LogP contribution in [0.5, 0.6) is 0 Å². The molecule has 4 aromatic rings. The Morgan fingerprint density at radius 1 is 0.591 bits per heavy atom. The van der Waals surface area contributed by atoms with Crippen LogP contribution in [0.25, 0.3) is 25.1 Å². The van der Waals surface area contributed by atoms with Crippen LogP contribution >= 0.6 is 45.3 Å². The summed E-state index contributed by atoms with van der Waals surface area (Å²) in [7, 11) is -0.169. The van der Waals surface area contributed by atoms with E-state index in [1.165, 1.54) is 14.3 Å². The van der Waals surface area contributed by atoms with E-state index in [4.69, 9.17) is 34.8 Å². The van der Waals surface area contributed by atoms with Crippen LogP contribution < -0.4 is 0 Å². The van der Waals surface area contributed by atoms with Crippen LogP contribution in [-0.2, 0) is 0 Å². The number of hydrogen-bond donors (Lipinski definition) is 0. The highest BCUT2D eigenvalue weighted by Crippen LogP contribution is 2.49. The molecule has 3 aromatic carbocycles. The zero-order valence-corrected chi connectivity index (χ0v) is 14.4. The van der Waals surface area contributed by atoms with Crippen molar-refractivity contribution < 1.29 is 0 Å². The first-order valence-corrected chi connectivity index (χ1v) is 9.09. The van der Waals surface area contributed by atoms with E-state index in [0.29, 0.717) is 0 Å². The first-order valence-electron chi connectivity index (χ1n) is 6.73. The molecule has 0 unspecified atom stereocenters. The van der Waals surface area contributed by atoms with Gasteiger partial charge in [-0.15, -0.1) is 0 Å². The van der Waals surface area contributed by atoms with Gasteiger partial charge in [-0.1, -0.05) is 40.9 Å². The summed E-state index contributed by atoms with van der Waals surface area (Å²) in [6, 6.07) is 20.2. The zero-order chi connectivity index (χ0) is 15.3. The molecule has 108 valence electrons. The van der Waals surface area contributed by atoms with E-state index in [2.05, 4.69) is 18.2 Å². The number of halogens is 3. The number of thiophene rings is 1. The van der Waals surface area contributed by atoms with Crippen molar-refractivity contribution in [2.24, 2.45) is 0 Å². The number of benzene rings is 3. The third kappa shape index (κ3) is 2.29. The van der Waals surface area contributed by atoms with Crippen molar-refractivity contribution in [2.75, 3.05) is 0 Å². The summed E-state index contributed by atoms with van der Waals surface area (Å²) in [5, 5.41) is 4.55. The lowest BCUT2D eigenvalue weighted by atomic mass is 10.1. The summed E-state index contributed by atoms with van der Waals surface area (Å²) in [5.74, 6) is 0. The zero-order valence-electron chi connectivity index (χ0n) is 11.3. The second kappa shape index (κ2) is 5.43. The molecule has 0 aliphatic carbocycles. The normalized spacial score (nSPS) is 11.4. The van der Waals surface area contributed by atoms with Crippen LogP contribution in [0.3, 0.4) is 0 Å². The molecule has 0 atom stereocenters. The predicted octanol–water partition coefficient (Wildman–Crippen LogP) is 7.69. The van der Waals surface area contributed by atoms with E-state index in [0.717, 1.165) is 25.8 Å². The molecule has 4 heteroatoms. The maximum atomic E-state index is 6.20. The molecular weight excluding hydrogens is 355 g/mol. The molecule has 0 saturated carbocycles. The van der Waals surface area contributed by atoms with Crippen LogP contribution in [0.2, 0.25) is 15.1 Å². The van der Waals surface area contributed by atoms with Crippen molar-refractivity contribution in [3.63, 3.8) is 0 Å². The Morgan fingerprint density at radius 3 is 1.68 bits per heavy atom. The summed E-state index contributed by atoms with van der Waals surface area (Å²) in [5.41, 5.74) is 0. The van der Waals surface area contributed by atoms with Crippen LogP contribution in [0.4, 0.5) is 0 Å².